The highest BCUT2D eigenvalue weighted by Crippen LogP contribution is 2.35. The van der Waals surface area contributed by atoms with Crippen LogP contribution in [0.25, 0.3) is 33.2 Å². The van der Waals surface area contributed by atoms with Crippen molar-refractivity contribution in [3.05, 3.63) is 60.2 Å². The smallest absolute Gasteiger partial charge is 0.142 e. The maximum atomic E-state index is 10.5. The second-order valence-electron chi connectivity index (χ2n) is 5.24. The van der Waals surface area contributed by atoms with Gasteiger partial charge in [-0.15, -0.1) is 0 Å². The van der Waals surface area contributed by atoms with Crippen LogP contribution < -0.4 is 0 Å². The van der Waals surface area contributed by atoms with Crippen molar-refractivity contribution in [3.63, 3.8) is 0 Å². The Bertz CT molecular complexity index is 969. The summed E-state index contributed by atoms with van der Waals surface area (Å²) in [7, 11) is 0. The number of phenolic OH excluding ortho intramolecular Hbond substituents is 1. The molecular formula is C18H14N2O. The molecule has 0 bridgehead atoms. The highest BCUT2D eigenvalue weighted by Gasteiger charge is 2.12. The van der Waals surface area contributed by atoms with Crippen molar-refractivity contribution in [2.75, 3.05) is 0 Å². The van der Waals surface area contributed by atoms with Crippen LogP contribution in [-0.2, 0) is 0 Å². The number of para-hydroxylation sites is 1. The molecule has 0 unspecified atom stereocenters. The lowest BCUT2D eigenvalue weighted by Crippen LogP contribution is -1.83. The average Bonchev–Trinajstić information content (AvgIpc) is 2.93. The van der Waals surface area contributed by atoms with Gasteiger partial charge >= 0.3 is 0 Å². The van der Waals surface area contributed by atoms with Crippen LogP contribution in [0, 0.1) is 6.92 Å². The molecule has 1 heterocycles. The minimum atomic E-state index is 0.268. The quantitative estimate of drug-likeness (QED) is 0.540. The fourth-order valence-corrected chi connectivity index (χ4v) is 2.75. The molecule has 0 saturated heterocycles. The molecular weight excluding hydrogens is 260 g/mol. The van der Waals surface area contributed by atoms with Gasteiger partial charge in [0, 0.05) is 5.39 Å². The van der Waals surface area contributed by atoms with Crippen LogP contribution in [0.4, 0.5) is 0 Å². The molecule has 0 fully saturated rings. The number of aromatic nitrogens is 2. The lowest BCUT2D eigenvalue weighted by Gasteiger charge is -2.05. The van der Waals surface area contributed by atoms with E-state index >= 15 is 0 Å². The van der Waals surface area contributed by atoms with Gasteiger partial charge in [-0.05, 0) is 30.0 Å². The number of phenols is 1. The molecule has 3 aromatic carbocycles. The van der Waals surface area contributed by atoms with Crippen molar-refractivity contribution in [2.24, 2.45) is 0 Å². The fourth-order valence-electron chi connectivity index (χ4n) is 2.75. The number of H-pyrrole nitrogens is 1. The number of aromatic hydroxyl groups is 1. The van der Waals surface area contributed by atoms with E-state index in [-0.39, 0.29) is 5.75 Å². The summed E-state index contributed by atoms with van der Waals surface area (Å²) < 4.78 is 0. The van der Waals surface area contributed by atoms with Gasteiger partial charge in [-0.2, -0.15) is 0 Å². The van der Waals surface area contributed by atoms with E-state index in [1.807, 2.05) is 61.5 Å². The van der Waals surface area contributed by atoms with Crippen LogP contribution in [0.2, 0.25) is 0 Å². The average molecular weight is 274 g/mol. The summed E-state index contributed by atoms with van der Waals surface area (Å²) in [5.41, 5.74) is 3.80. The summed E-state index contributed by atoms with van der Waals surface area (Å²) in [5, 5.41) is 12.4. The minimum absolute atomic E-state index is 0.268. The van der Waals surface area contributed by atoms with E-state index in [1.54, 1.807) is 0 Å². The van der Waals surface area contributed by atoms with Crippen LogP contribution in [0.15, 0.2) is 54.6 Å². The number of rotatable bonds is 1. The van der Waals surface area contributed by atoms with Crippen molar-refractivity contribution in [1.82, 2.24) is 9.97 Å². The summed E-state index contributed by atoms with van der Waals surface area (Å²) >= 11 is 0. The molecule has 1 aromatic heterocycles. The molecule has 0 aliphatic heterocycles. The lowest BCUT2D eigenvalue weighted by atomic mass is 10.1. The zero-order valence-corrected chi connectivity index (χ0v) is 11.6. The van der Waals surface area contributed by atoms with Crippen molar-refractivity contribution in [1.29, 1.82) is 0 Å². The molecule has 0 aliphatic rings. The molecule has 4 rings (SSSR count). The topological polar surface area (TPSA) is 48.9 Å². The highest BCUT2D eigenvalue weighted by atomic mass is 16.3. The first-order valence-electron chi connectivity index (χ1n) is 6.90. The zero-order valence-electron chi connectivity index (χ0n) is 11.6. The van der Waals surface area contributed by atoms with Crippen molar-refractivity contribution < 1.29 is 5.11 Å². The summed E-state index contributed by atoms with van der Waals surface area (Å²) in [6.45, 7) is 2.05. The monoisotopic (exact) mass is 274 g/mol. The predicted octanol–water partition coefficient (Wildman–Crippen LogP) is 4.40. The Labute approximate surface area is 121 Å². The number of fused-ring (bicyclic) bond motifs is 2. The van der Waals surface area contributed by atoms with Gasteiger partial charge in [-0.1, -0.05) is 42.5 Å². The second kappa shape index (κ2) is 4.35. The van der Waals surface area contributed by atoms with E-state index in [1.165, 1.54) is 0 Å². The van der Waals surface area contributed by atoms with E-state index in [9.17, 15) is 5.11 Å². The molecule has 0 aliphatic carbocycles. The first-order valence-corrected chi connectivity index (χ1v) is 6.90. The number of nitrogens with one attached hydrogen (secondary N) is 1. The molecule has 0 radical (unpaired) electrons. The van der Waals surface area contributed by atoms with E-state index in [0.717, 1.165) is 32.9 Å². The number of benzene rings is 3. The van der Waals surface area contributed by atoms with Gasteiger partial charge < -0.3 is 10.1 Å². The lowest BCUT2D eigenvalue weighted by molar-refractivity contribution is 0.483. The predicted molar refractivity (Wildman–Crippen MR) is 85.4 cm³/mol. The highest BCUT2D eigenvalue weighted by molar-refractivity contribution is 5.94. The Morgan fingerprint density at radius 3 is 2.67 bits per heavy atom. The molecule has 0 spiro atoms. The summed E-state index contributed by atoms with van der Waals surface area (Å²) in [6.07, 6.45) is 0. The summed E-state index contributed by atoms with van der Waals surface area (Å²) in [6, 6.07) is 17.7. The third-order valence-corrected chi connectivity index (χ3v) is 3.88. The number of aryl methyl sites for hydroxylation is 1. The molecule has 4 aromatic rings. The number of hydrogen-bond donors (Lipinski definition) is 2. The Morgan fingerprint density at radius 2 is 1.81 bits per heavy atom. The van der Waals surface area contributed by atoms with Gasteiger partial charge in [-0.3, -0.25) is 0 Å². The molecule has 21 heavy (non-hydrogen) atoms. The van der Waals surface area contributed by atoms with Gasteiger partial charge in [0.25, 0.3) is 0 Å². The van der Waals surface area contributed by atoms with Crippen LogP contribution >= 0.6 is 0 Å². The van der Waals surface area contributed by atoms with Crippen molar-refractivity contribution >= 4 is 21.8 Å². The van der Waals surface area contributed by atoms with E-state index < -0.39 is 0 Å². The molecule has 0 saturated carbocycles. The fraction of sp³-hybridized carbons (Fsp3) is 0.0556. The molecule has 3 heteroatoms. The van der Waals surface area contributed by atoms with Crippen LogP contribution in [-0.4, -0.2) is 15.1 Å². The van der Waals surface area contributed by atoms with Crippen LogP contribution in [0.3, 0.4) is 0 Å². The molecule has 2 N–H and O–H groups in total. The van der Waals surface area contributed by atoms with Gasteiger partial charge in [0.1, 0.15) is 11.6 Å². The molecule has 0 amide bonds. The maximum absolute atomic E-state index is 10.5. The number of nitrogens with zero attached hydrogens (tertiary/aromatic N) is 1. The Balaban J connectivity index is 2.00. The second-order valence-corrected chi connectivity index (χ2v) is 5.24. The van der Waals surface area contributed by atoms with E-state index in [4.69, 9.17) is 0 Å². The minimum Gasteiger partial charge on any atom is -0.507 e. The summed E-state index contributed by atoms with van der Waals surface area (Å²) in [4.78, 5) is 7.91. The van der Waals surface area contributed by atoms with Gasteiger partial charge in [-0.25, -0.2) is 4.98 Å². The largest absolute Gasteiger partial charge is 0.507 e. The van der Waals surface area contributed by atoms with Gasteiger partial charge in [0.2, 0.25) is 0 Å². The summed E-state index contributed by atoms with van der Waals surface area (Å²) in [5.74, 6) is 0.965. The number of imidazole rings is 1. The Kier molecular flexibility index (Phi) is 2.48. The SMILES string of the molecule is Cc1cccc2nc(-c3ccc4ccccc4c3O)[nH]c12. The van der Waals surface area contributed by atoms with Crippen LogP contribution in [0.5, 0.6) is 5.75 Å². The standard InChI is InChI=1S/C18H14N2O/c1-11-5-4-8-15-16(11)20-18(19-15)14-10-9-12-6-2-3-7-13(12)17(14)21/h2-10,21H,1H3,(H,19,20). The maximum Gasteiger partial charge on any atom is 0.142 e. The Morgan fingerprint density at radius 1 is 0.952 bits per heavy atom. The third kappa shape index (κ3) is 1.78. The normalized spacial score (nSPS) is 11.3. The van der Waals surface area contributed by atoms with Gasteiger partial charge in [0.05, 0.1) is 16.6 Å². The molecule has 3 nitrogen and oxygen atoms in total. The number of aromatic amines is 1. The van der Waals surface area contributed by atoms with Crippen molar-refractivity contribution in [2.45, 2.75) is 6.92 Å². The first kappa shape index (κ1) is 12.0. The van der Waals surface area contributed by atoms with E-state index in [2.05, 4.69) is 9.97 Å². The zero-order chi connectivity index (χ0) is 14.4. The molecule has 102 valence electrons. The van der Waals surface area contributed by atoms with Crippen LogP contribution in [0.1, 0.15) is 5.56 Å². The van der Waals surface area contributed by atoms with E-state index in [0.29, 0.717) is 5.82 Å². The van der Waals surface area contributed by atoms with Crippen molar-refractivity contribution in [3.8, 4) is 17.1 Å². The van der Waals surface area contributed by atoms with Gasteiger partial charge in [0.15, 0.2) is 0 Å². The third-order valence-electron chi connectivity index (χ3n) is 3.88. The Hall–Kier alpha value is -2.81. The first-order chi connectivity index (χ1) is 10.2. The molecule has 0 atom stereocenters. The number of hydrogen-bond acceptors (Lipinski definition) is 2.